The van der Waals surface area contributed by atoms with E-state index in [2.05, 4.69) is 36.1 Å². The van der Waals surface area contributed by atoms with Gasteiger partial charge in [-0.2, -0.15) is 9.61 Å². The Kier molecular flexibility index (Phi) is 6.85. The predicted molar refractivity (Wildman–Crippen MR) is 124 cm³/mol. The first-order chi connectivity index (χ1) is 15.9. The Balaban J connectivity index is 1.22. The van der Waals surface area contributed by atoms with E-state index in [1.165, 1.54) is 34.2 Å². The molecule has 16 heteroatoms. The second kappa shape index (κ2) is 9.97. The molecule has 0 atom stereocenters. The largest absolute Gasteiger partial charge is 0.335 e. The molecule has 1 aromatic carbocycles. The lowest BCUT2D eigenvalue weighted by Crippen LogP contribution is -2.14. The number of rotatable bonds is 9. The van der Waals surface area contributed by atoms with Crippen molar-refractivity contribution in [2.45, 2.75) is 16.4 Å². The zero-order valence-electron chi connectivity index (χ0n) is 17.0. The maximum absolute atomic E-state index is 12.2. The van der Waals surface area contributed by atoms with E-state index >= 15 is 0 Å². The molecule has 0 spiro atoms. The van der Waals surface area contributed by atoms with E-state index in [1.807, 2.05) is 0 Å². The fourth-order valence-corrected chi connectivity index (χ4v) is 4.74. The van der Waals surface area contributed by atoms with E-state index in [0.29, 0.717) is 31.7 Å². The number of thioether (sulfide) groups is 2. The van der Waals surface area contributed by atoms with Gasteiger partial charge in [-0.15, -0.1) is 20.4 Å². The second-order valence-corrected chi connectivity index (χ2v) is 9.56. The van der Waals surface area contributed by atoms with E-state index in [-0.39, 0.29) is 29.1 Å². The van der Waals surface area contributed by atoms with Gasteiger partial charge < -0.3 is 11.2 Å². The number of nitrogens with zero attached hydrogens (tertiary/aromatic N) is 7. The highest BCUT2D eigenvalue weighted by atomic mass is 32.2. The summed E-state index contributed by atoms with van der Waals surface area (Å²) in [5.41, 5.74) is 1.17. The van der Waals surface area contributed by atoms with Crippen molar-refractivity contribution in [3.63, 3.8) is 0 Å². The standard InChI is InChI=1S/C17H16N10O3S3/c1-9(28)10-2-4-11(5-3-10)20-12(29)7-32-17-25-22-14(33-17)21-13(30)6-31-16-24-23-15-26(18)8-19-27(15)16/h2-5,8H,6-7,18H2,1H3,(H,20,29)(H,21,22,30). The third-order valence-corrected chi connectivity index (χ3v) is 6.90. The molecule has 0 radical (unpaired) electrons. The Morgan fingerprint density at radius 2 is 1.73 bits per heavy atom. The third kappa shape index (κ3) is 5.65. The number of aromatic nitrogens is 7. The molecule has 4 rings (SSSR count). The van der Waals surface area contributed by atoms with Crippen LogP contribution in [-0.2, 0) is 9.59 Å². The molecule has 0 saturated carbocycles. The molecular weight excluding hydrogens is 488 g/mol. The van der Waals surface area contributed by atoms with Gasteiger partial charge in [0, 0.05) is 11.3 Å². The summed E-state index contributed by atoms with van der Waals surface area (Å²) >= 11 is 3.50. The first kappa shape index (κ1) is 22.7. The molecule has 0 aliphatic rings. The molecule has 170 valence electrons. The molecule has 0 unspecified atom stereocenters. The number of ketones is 1. The highest BCUT2D eigenvalue weighted by Gasteiger charge is 2.15. The molecule has 4 aromatic rings. The van der Waals surface area contributed by atoms with Crippen LogP contribution in [0.4, 0.5) is 10.8 Å². The van der Waals surface area contributed by atoms with Crippen LogP contribution < -0.4 is 16.5 Å². The zero-order chi connectivity index (χ0) is 23.4. The van der Waals surface area contributed by atoms with E-state index in [4.69, 9.17) is 5.84 Å². The lowest BCUT2D eigenvalue weighted by molar-refractivity contribution is -0.114. The Morgan fingerprint density at radius 3 is 2.48 bits per heavy atom. The van der Waals surface area contributed by atoms with Crippen LogP contribution in [0.25, 0.3) is 5.78 Å². The van der Waals surface area contributed by atoms with E-state index in [0.717, 1.165) is 23.1 Å². The summed E-state index contributed by atoms with van der Waals surface area (Å²) in [5.74, 6) is 5.60. The Morgan fingerprint density at radius 1 is 1.00 bits per heavy atom. The minimum absolute atomic E-state index is 0.0414. The summed E-state index contributed by atoms with van der Waals surface area (Å²) in [6.07, 6.45) is 1.39. The highest BCUT2D eigenvalue weighted by Crippen LogP contribution is 2.26. The molecule has 0 bridgehead atoms. The fraction of sp³-hybridized carbons (Fsp3) is 0.176. The van der Waals surface area contributed by atoms with Crippen molar-refractivity contribution in [1.29, 1.82) is 0 Å². The average molecular weight is 505 g/mol. The molecule has 3 aromatic heterocycles. The van der Waals surface area contributed by atoms with Crippen molar-refractivity contribution >= 4 is 69.1 Å². The predicted octanol–water partition coefficient (Wildman–Crippen LogP) is 1.16. The van der Waals surface area contributed by atoms with Gasteiger partial charge in [0.1, 0.15) is 6.33 Å². The molecule has 13 nitrogen and oxygen atoms in total. The number of carbonyl (C=O) groups is 3. The lowest BCUT2D eigenvalue weighted by Gasteiger charge is -2.04. The Labute approximate surface area is 198 Å². The summed E-state index contributed by atoms with van der Waals surface area (Å²) in [6.45, 7) is 1.48. The van der Waals surface area contributed by atoms with Crippen molar-refractivity contribution in [3.8, 4) is 0 Å². The summed E-state index contributed by atoms with van der Waals surface area (Å²) < 4.78 is 3.19. The number of Topliss-reactive ketones (excluding diaryl/α,β-unsaturated/α-hetero) is 1. The molecule has 4 N–H and O–H groups in total. The summed E-state index contributed by atoms with van der Waals surface area (Å²) in [7, 11) is 0. The van der Waals surface area contributed by atoms with Gasteiger partial charge in [0.25, 0.3) is 5.78 Å². The number of nitrogens with one attached hydrogen (secondary N) is 2. The maximum Gasteiger partial charge on any atom is 0.273 e. The monoisotopic (exact) mass is 504 g/mol. The highest BCUT2D eigenvalue weighted by molar-refractivity contribution is 8.01. The fourth-order valence-electron chi connectivity index (χ4n) is 2.49. The second-order valence-electron chi connectivity index (χ2n) is 6.41. The molecule has 2 amide bonds. The SMILES string of the molecule is CC(=O)c1ccc(NC(=O)CSc2nnc(NC(=O)CSc3nnc4n(N)cnn34)s2)cc1. The van der Waals surface area contributed by atoms with Crippen LogP contribution in [0, 0.1) is 0 Å². The van der Waals surface area contributed by atoms with Crippen LogP contribution in [0.2, 0.25) is 0 Å². The molecule has 0 fully saturated rings. The number of nitrogen functional groups attached to an aromatic ring is 1. The number of fused-ring (bicyclic) bond motifs is 1. The summed E-state index contributed by atoms with van der Waals surface area (Å²) in [5, 5.41) is 25.9. The molecular formula is C17H16N10O3S3. The number of amides is 2. The molecule has 0 aliphatic heterocycles. The van der Waals surface area contributed by atoms with Gasteiger partial charge in [0.05, 0.1) is 11.5 Å². The molecule has 0 saturated heterocycles. The topological polar surface area (TPSA) is 175 Å². The van der Waals surface area contributed by atoms with Gasteiger partial charge in [-0.05, 0) is 31.2 Å². The Hall–Kier alpha value is -3.50. The first-order valence-corrected chi connectivity index (χ1v) is 12.0. The average Bonchev–Trinajstić information content (AvgIpc) is 3.50. The van der Waals surface area contributed by atoms with Crippen LogP contribution in [-0.4, -0.2) is 63.8 Å². The summed E-state index contributed by atoms with van der Waals surface area (Å²) in [4.78, 5) is 35.6. The maximum atomic E-state index is 12.2. The van der Waals surface area contributed by atoms with Crippen LogP contribution in [0.5, 0.6) is 0 Å². The number of anilines is 2. The quantitative estimate of drug-likeness (QED) is 0.129. The van der Waals surface area contributed by atoms with Crippen LogP contribution in [0.1, 0.15) is 17.3 Å². The van der Waals surface area contributed by atoms with Crippen LogP contribution >= 0.6 is 34.9 Å². The minimum Gasteiger partial charge on any atom is -0.335 e. The number of benzene rings is 1. The van der Waals surface area contributed by atoms with Gasteiger partial charge >= 0.3 is 0 Å². The van der Waals surface area contributed by atoms with Gasteiger partial charge in [0.15, 0.2) is 10.1 Å². The van der Waals surface area contributed by atoms with E-state index in [9.17, 15) is 14.4 Å². The third-order valence-electron chi connectivity index (χ3n) is 4.01. The summed E-state index contributed by atoms with van der Waals surface area (Å²) in [6, 6.07) is 6.64. The van der Waals surface area contributed by atoms with Crippen LogP contribution in [0.3, 0.4) is 0 Å². The van der Waals surface area contributed by atoms with Crippen molar-refractivity contribution in [2.24, 2.45) is 0 Å². The smallest absolute Gasteiger partial charge is 0.273 e. The van der Waals surface area contributed by atoms with E-state index < -0.39 is 0 Å². The number of hydrogen-bond donors (Lipinski definition) is 3. The van der Waals surface area contributed by atoms with Crippen molar-refractivity contribution in [2.75, 3.05) is 28.0 Å². The van der Waals surface area contributed by atoms with Crippen molar-refractivity contribution < 1.29 is 14.4 Å². The number of nitrogens with two attached hydrogens (primary N) is 1. The van der Waals surface area contributed by atoms with Gasteiger partial charge in [0.2, 0.25) is 22.1 Å². The van der Waals surface area contributed by atoms with Gasteiger partial charge in [-0.1, -0.05) is 34.9 Å². The number of carbonyl (C=O) groups excluding carboxylic acids is 3. The van der Waals surface area contributed by atoms with Crippen LogP contribution in [0.15, 0.2) is 40.1 Å². The van der Waals surface area contributed by atoms with E-state index in [1.54, 1.807) is 24.3 Å². The molecule has 3 heterocycles. The number of hydrogen-bond acceptors (Lipinski definition) is 12. The van der Waals surface area contributed by atoms with Gasteiger partial charge in [-0.3, -0.25) is 19.7 Å². The van der Waals surface area contributed by atoms with Crippen molar-refractivity contribution in [1.82, 2.24) is 34.7 Å². The molecule has 33 heavy (non-hydrogen) atoms. The Bertz CT molecular complexity index is 1310. The molecule has 0 aliphatic carbocycles. The first-order valence-electron chi connectivity index (χ1n) is 9.22. The zero-order valence-corrected chi connectivity index (χ0v) is 19.4. The normalized spacial score (nSPS) is 10.9. The van der Waals surface area contributed by atoms with Crippen molar-refractivity contribution in [3.05, 3.63) is 36.2 Å². The lowest BCUT2D eigenvalue weighted by atomic mass is 10.1. The van der Waals surface area contributed by atoms with Gasteiger partial charge in [-0.25, -0.2) is 4.68 Å². The minimum atomic E-state index is -0.302.